The molecular weight excluding hydrogens is 611 g/mol. The van der Waals surface area contributed by atoms with Gasteiger partial charge in [-0.25, -0.2) is 4.57 Å². The first-order valence-electron chi connectivity index (χ1n) is 18.1. The van der Waals surface area contributed by atoms with E-state index < -0.39 is 51.8 Å². The number of aliphatic hydroxyl groups is 2. The molecule has 46 heavy (non-hydrogen) atoms. The van der Waals surface area contributed by atoms with Crippen LogP contribution in [0.3, 0.4) is 0 Å². The Morgan fingerprint density at radius 1 is 0.630 bits per heavy atom. The Balaban J connectivity index is 4.37. The van der Waals surface area contributed by atoms with Gasteiger partial charge in [0.25, 0.3) is 0 Å². The second kappa shape index (κ2) is 32.3. The summed E-state index contributed by atoms with van der Waals surface area (Å²) in [6, 6.07) is 0. The number of unbranched alkanes of at least 4 members (excludes halogenated alkanes) is 18. The minimum absolute atomic E-state index is 0.176. The van der Waals surface area contributed by atoms with Gasteiger partial charge in [-0.15, -0.1) is 0 Å². The number of aliphatic hydroxyl groups excluding tert-OH is 2. The van der Waals surface area contributed by atoms with E-state index in [4.69, 9.17) is 19.1 Å². The van der Waals surface area contributed by atoms with Crippen LogP contribution in [0.1, 0.15) is 162 Å². The van der Waals surface area contributed by atoms with Crippen molar-refractivity contribution in [3.8, 4) is 0 Å². The molecule has 0 aliphatic carbocycles. The summed E-state index contributed by atoms with van der Waals surface area (Å²) in [4.78, 5) is 34.7. The lowest BCUT2D eigenvalue weighted by Crippen LogP contribution is -2.29. The molecule has 0 spiro atoms. The van der Waals surface area contributed by atoms with Gasteiger partial charge in [0, 0.05) is 12.8 Å². The highest BCUT2D eigenvalue weighted by molar-refractivity contribution is 7.47. The van der Waals surface area contributed by atoms with Crippen molar-refractivity contribution in [3.05, 3.63) is 12.2 Å². The molecule has 3 atom stereocenters. The fourth-order valence-corrected chi connectivity index (χ4v) is 5.61. The maximum Gasteiger partial charge on any atom is 0.472 e. The molecule has 0 rings (SSSR count). The Hall–Kier alpha value is -1.29. The maximum absolute atomic E-state index is 12.5. The number of hydrogen-bond donors (Lipinski definition) is 3. The van der Waals surface area contributed by atoms with Crippen LogP contribution in [0, 0.1) is 0 Å². The van der Waals surface area contributed by atoms with E-state index in [0.717, 1.165) is 64.2 Å². The van der Waals surface area contributed by atoms with Crippen molar-refractivity contribution >= 4 is 19.8 Å². The Bertz CT molecular complexity index is 791. The molecule has 0 aliphatic heterocycles. The van der Waals surface area contributed by atoms with E-state index in [2.05, 4.69) is 30.5 Å². The van der Waals surface area contributed by atoms with E-state index in [-0.39, 0.29) is 19.4 Å². The molecule has 0 saturated heterocycles. The molecule has 0 saturated carbocycles. The number of phosphoric ester groups is 1. The second-order valence-corrected chi connectivity index (χ2v) is 13.7. The van der Waals surface area contributed by atoms with Crippen LogP contribution in [-0.2, 0) is 32.7 Å². The van der Waals surface area contributed by atoms with Crippen LogP contribution < -0.4 is 0 Å². The summed E-state index contributed by atoms with van der Waals surface area (Å²) >= 11 is 0. The Kier molecular flexibility index (Phi) is 31.4. The third-order valence-electron chi connectivity index (χ3n) is 7.65. The highest BCUT2D eigenvalue weighted by Crippen LogP contribution is 2.43. The highest BCUT2D eigenvalue weighted by Gasteiger charge is 2.27. The number of allylic oxidation sites excluding steroid dienone is 2. The van der Waals surface area contributed by atoms with E-state index in [1.807, 2.05) is 0 Å². The first-order valence-corrected chi connectivity index (χ1v) is 19.6. The summed E-state index contributed by atoms with van der Waals surface area (Å²) in [5, 5.41) is 18.2. The Labute approximate surface area is 279 Å². The molecule has 0 bridgehead atoms. The van der Waals surface area contributed by atoms with Gasteiger partial charge in [0.05, 0.1) is 19.8 Å². The number of rotatable bonds is 34. The Morgan fingerprint density at radius 2 is 1.11 bits per heavy atom. The molecule has 0 amide bonds. The van der Waals surface area contributed by atoms with Gasteiger partial charge in [0.15, 0.2) is 6.10 Å². The molecule has 0 heterocycles. The molecule has 3 N–H and O–H groups in total. The van der Waals surface area contributed by atoms with Gasteiger partial charge in [-0.1, -0.05) is 129 Å². The third kappa shape index (κ3) is 31.3. The molecule has 10 nitrogen and oxygen atoms in total. The SMILES string of the molecule is CCC/C=C\CCCCCCCC(=O)OC(COC(=O)CCCCCCCCCCCCCCC)COP(=O)(O)OCC(O)CO. The normalized spacial score (nSPS) is 14.3. The number of carbonyl (C=O) groups is 2. The molecule has 0 aromatic heterocycles. The van der Waals surface area contributed by atoms with Gasteiger partial charge in [-0.2, -0.15) is 0 Å². The Morgan fingerprint density at radius 3 is 1.65 bits per heavy atom. The second-order valence-electron chi connectivity index (χ2n) is 12.3. The monoisotopic (exact) mass is 678 g/mol. The summed E-state index contributed by atoms with van der Waals surface area (Å²) in [5.41, 5.74) is 0. The molecule has 0 fully saturated rings. The molecule has 3 unspecified atom stereocenters. The van der Waals surface area contributed by atoms with Crippen LogP contribution in [0.4, 0.5) is 0 Å². The predicted octanol–water partition coefficient (Wildman–Crippen LogP) is 8.50. The number of ether oxygens (including phenoxy) is 2. The van der Waals surface area contributed by atoms with Gasteiger partial charge in [0.2, 0.25) is 0 Å². The van der Waals surface area contributed by atoms with Crippen LogP contribution >= 0.6 is 7.82 Å². The van der Waals surface area contributed by atoms with E-state index >= 15 is 0 Å². The fourth-order valence-electron chi connectivity index (χ4n) is 4.82. The van der Waals surface area contributed by atoms with Crippen molar-refractivity contribution < 1.29 is 47.8 Å². The minimum Gasteiger partial charge on any atom is -0.462 e. The van der Waals surface area contributed by atoms with Gasteiger partial charge in [-0.3, -0.25) is 18.6 Å². The summed E-state index contributed by atoms with van der Waals surface area (Å²) in [5.74, 6) is -0.934. The zero-order chi connectivity index (χ0) is 34.1. The predicted molar refractivity (Wildman–Crippen MR) is 182 cm³/mol. The van der Waals surface area contributed by atoms with Crippen LogP contribution in [0.25, 0.3) is 0 Å². The number of carbonyl (C=O) groups excluding carboxylic acids is 2. The smallest absolute Gasteiger partial charge is 0.462 e. The van der Waals surface area contributed by atoms with Crippen LogP contribution in [0.15, 0.2) is 12.2 Å². The lowest BCUT2D eigenvalue weighted by atomic mass is 10.0. The molecule has 0 aliphatic rings. The van der Waals surface area contributed by atoms with Crippen molar-refractivity contribution in [2.75, 3.05) is 26.4 Å². The van der Waals surface area contributed by atoms with E-state index in [1.54, 1.807) is 0 Å². The lowest BCUT2D eigenvalue weighted by molar-refractivity contribution is -0.161. The van der Waals surface area contributed by atoms with Crippen molar-refractivity contribution in [3.63, 3.8) is 0 Å². The first kappa shape index (κ1) is 44.7. The lowest BCUT2D eigenvalue weighted by Gasteiger charge is -2.20. The average Bonchev–Trinajstić information content (AvgIpc) is 3.04. The van der Waals surface area contributed by atoms with Crippen molar-refractivity contribution in [2.45, 2.75) is 174 Å². The van der Waals surface area contributed by atoms with Crippen molar-refractivity contribution in [1.82, 2.24) is 0 Å². The molecule has 0 aromatic carbocycles. The topological polar surface area (TPSA) is 149 Å². The van der Waals surface area contributed by atoms with Crippen molar-refractivity contribution in [2.24, 2.45) is 0 Å². The van der Waals surface area contributed by atoms with Crippen LogP contribution in [0.2, 0.25) is 0 Å². The molecule has 11 heteroatoms. The summed E-state index contributed by atoms with van der Waals surface area (Å²) in [7, 11) is -4.60. The first-order chi connectivity index (χ1) is 22.2. The van der Waals surface area contributed by atoms with E-state index in [1.165, 1.54) is 57.8 Å². The quantitative estimate of drug-likeness (QED) is 0.0262. The maximum atomic E-state index is 12.5. The standard InChI is InChI=1S/C35H67O10P/c1-3-5-7-9-11-13-15-16-17-19-20-22-24-26-34(38)42-30-33(31-44-46(40,41)43-29-32(37)28-36)45-35(39)27-25-23-21-18-14-12-10-8-6-4-2/h8,10,32-33,36-37H,3-7,9,11-31H2,1-2H3,(H,40,41)/b10-8-. The highest BCUT2D eigenvalue weighted by atomic mass is 31.2. The van der Waals surface area contributed by atoms with Crippen LogP contribution in [0.5, 0.6) is 0 Å². The zero-order valence-electron chi connectivity index (χ0n) is 29.0. The summed E-state index contributed by atoms with van der Waals surface area (Å²) < 4.78 is 32.5. The number of phosphoric acid groups is 1. The van der Waals surface area contributed by atoms with Gasteiger partial charge < -0.3 is 24.6 Å². The molecule has 0 radical (unpaired) electrons. The van der Waals surface area contributed by atoms with Crippen LogP contribution in [-0.4, -0.2) is 65.7 Å². The zero-order valence-corrected chi connectivity index (χ0v) is 29.9. The van der Waals surface area contributed by atoms with Gasteiger partial charge >= 0.3 is 19.8 Å². The van der Waals surface area contributed by atoms with E-state index in [9.17, 15) is 24.2 Å². The largest absolute Gasteiger partial charge is 0.472 e. The minimum atomic E-state index is -4.60. The molecule has 272 valence electrons. The molecule has 0 aromatic rings. The van der Waals surface area contributed by atoms with Gasteiger partial charge in [0.1, 0.15) is 12.7 Å². The third-order valence-corrected chi connectivity index (χ3v) is 8.60. The summed E-state index contributed by atoms with van der Waals surface area (Å²) in [6.45, 7) is 2.29. The number of hydrogen-bond acceptors (Lipinski definition) is 9. The number of esters is 2. The van der Waals surface area contributed by atoms with Crippen molar-refractivity contribution in [1.29, 1.82) is 0 Å². The molecular formula is C35H67O10P. The fraction of sp³-hybridized carbons (Fsp3) is 0.886. The van der Waals surface area contributed by atoms with Gasteiger partial charge in [-0.05, 0) is 32.1 Å². The average molecular weight is 679 g/mol. The van der Waals surface area contributed by atoms with E-state index in [0.29, 0.717) is 12.8 Å². The summed E-state index contributed by atoms with van der Waals surface area (Å²) in [6.07, 6.45) is 26.2.